The Morgan fingerprint density at radius 2 is 1.57 bits per heavy atom. The Bertz CT molecular complexity index is 1330. The monoisotopic (exact) mass is 485 g/mol. The number of hydrogen-bond acceptors (Lipinski definition) is 5. The summed E-state index contributed by atoms with van der Waals surface area (Å²) >= 11 is 1.61. The Labute approximate surface area is 211 Å². The maximum absolute atomic E-state index is 14.5. The molecule has 0 N–H and O–H groups in total. The standard InChI is InChI=1S/C29H31N3O2S/c1-5-31(6-2)15-16-32(29-30-23-18-19(3)17-20(4)27(23)35-29)28(33)26-21-11-7-9-13-24(21)34-25-14-10-8-12-22(25)26/h7-14,17-18,26H,5-6,15-16H2,1-4H3. The number of thiazole rings is 1. The van der Waals surface area contributed by atoms with Gasteiger partial charge in [-0.2, -0.15) is 0 Å². The molecule has 0 fully saturated rings. The van der Waals surface area contributed by atoms with Gasteiger partial charge < -0.3 is 9.64 Å². The van der Waals surface area contributed by atoms with Crippen molar-refractivity contribution in [2.45, 2.75) is 33.6 Å². The smallest absolute Gasteiger partial charge is 0.241 e. The number of fused-ring (bicyclic) bond motifs is 3. The molecule has 1 aromatic heterocycles. The number of nitrogens with zero attached hydrogens (tertiary/aromatic N) is 3. The first kappa shape index (κ1) is 23.5. The Kier molecular flexibility index (Phi) is 6.58. The number of hydrogen-bond donors (Lipinski definition) is 0. The van der Waals surface area contributed by atoms with E-state index in [-0.39, 0.29) is 5.91 Å². The summed E-state index contributed by atoms with van der Waals surface area (Å²) in [5, 5.41) is 0.757. The maximum atomic E-state index is 14.5. The van der Waals surface area contributed by atoms with E-state index in [1.165, 1.54) is 11.1 Å². The van der Waals surface area contributed by atoms with Gasteiger partial charge in [0.15, 0.2) is 5.13 Å². The molecule has 1 aliphatic heterocycles. The molecule has 3 aromatic carbocycles. The van der Waals surface area contributed by atoms with Crippen LogP contribution in [0.2, 0.25) is 0 Å². The van der Waals surface area contributed by atoms with Crippen molar-refractivity contribution in [3.05, 3.63) is 82.9 Å². The Hall–Kier alpha value is -3.22. The molecule has 0 unspecified atom stereocenters. The normalized spacial score (nSPS) is 12.9. The fourth-order valence-electron chi connectivity index (χ4n) is 4.89. The number of benzene rings is 3. The Morgan fingerprint density at radius 1 is 0.943 bits per heavy atom. The lowest BCUT2D eigenvalue weighted by Gasteiger charge is -2.32. The number of amides is 1. The van der Waals surface area contributed by atoms with Crippen LogP contribution in [0.5, 0.6) is 11.5 Å². The highest BCUT2D eigenvalue weighted by Gasteiger charge is 2.36. The van der Waals surface area contributed by atoms with Crippen LogP contribution in [0, 0.1) is 13.8 Å². The number of ether oxygens (including phenoxy) is 1. The molecule has 5 rings (SSSR count). The second-order valence-corrected chi connectivity index (χ2v) is 10.0. The van der Waals surface area contributed by atoms with E-state index in [0.717, 1.165) is 57.6 Å². The maximum Gasteiger partial charge on any atom is 0.241 e. The molecule has 4 aromatic rings. The zero-order valence-corrected chi connectivity index (χ0v) is 21.6. The van der Waals surface area contributed by atoms with Gasteiger partial charge in [-0.1, -0.05) is 67.6 Å². The molecule has 5 nitrogen and oxygen atoms in total. The molecule has 0 atom stereocenters. The van der Waals surface area contributed by atoms with Crippen LogP contribution in [0.4, 0.5) is 5.13 Å². The SMILES string of the molecule is CCN(CC)CCN(C(=O)C1c2ccccc2Oc2ccccc21)c1nc2cc(C)cc(C)c2s1. The second-order valence-electron chi connectivity index (χ2n) is 9.05. The summed E-state index contributed by atoms with van der Waals surface area (Å²) in [6, 6.07) is 20.0. The molecule has 0 spiro atoms. The molecule has 1 amide bonds. The van der Waals surface area contributed by atoms with E-state index in [4.69, 9.17) is 9.72 Å². The van der Waals surface area contributed by atoms with Gasteiger partial charge in [-0.3, -0.25) is 9.69 Å². The third kappa shape index (κ3) is 4.44. The summed E-state index contributed by atoms with van der Waals surface area (Å²) in [5.41, 5.74) is 5.13. The van der Waals surface area contributed by atoms with Crippen molar-refractivity contribution in [2.24, 2.45) is 0 Å². The van der Waals surface area contributed by atoms with Crippen LogP contribution >= 0.6 is 11.3 Å². The van der Waals surface area contributed by atoms with Crippen LogP contribution in [0.25, 0.3) is 10.2 Å². The Morgan fingerprint density at radius 3 is 2.20 bits per heavy atom. The van der Waals surface area contributed by atoms with Crippen molar-refractivity contribution in [3.63, 3.8) is 0 Å². The highest BCUT2D eigenvalue weighted by atomic mass is 32.1. The number of aryl methyl sites for hydroxylation is 2. The highest BCUT2D eigenvalue weighted by molar-refractivity contribution is 7.22. The van der Waals surface area contributed by atoms with Gasteiger partial charge in [-0.25, -0.2) is 4.98 Å². The predicted molar refractivity (Wildman–Crippen MR) is 144 cm³/mol. The van der Waals surface area contributed by atoms with Gasteiger partial charge in [0.25, 0.3) is 0 Å². The zero-order chi connectivity index (χ0) is 24.5. The molecule has 35 heavy (non-hydrogen) atoms. The third-order valence-electron chi connectivity index (χ3n) is 6.77. The zero-order valence-electron chi connectivity index (χ0n) is 20.7. The molecule has 0 bridgehead atoms. The minimum Gasteiger partial charge on any atom is -0.457 e. The molecule has 1 aliphatic rings. The lowest BCUT2D eigenvalue weighted by Crippen LogP contribution is -2.42. The number of anilines is 1. The number of aromatic nitrogens is 1. The lowest BCUT2D eigenvalue weighted by atomic mass is 9.87. The van der Waals surface area contributed by atoms with Gasteiger partial charge in [0.2, 0.25) is 5.91 Å². The molecular formula is C29H31N3O2S. The van der Waals surface area contributed by atoms with E-state index in [9.17, 15) is 4.79 Å². The van der Waals surface area contributed by atoms with Crippen molar-refractivity contribution in [3.8, 4) is 11.5 Å². The molecule has 0 aliphatic carbocycles. The van der Waals surface area contributed by atoms with Crippen molar-refractivity contribution in [1.82, 2.24) is 9.88 Å². The molecule has 180 valence electrons. The predicted octanol–water partition coefficient (Wildman–Crippen LogP) is 6.53. The first-order chi connectivity index (χ1) is 17.0. The molecule has 2 heterocycles. The van der Waals surface area contributed by atoms with Gasteiger partial charge in [0.05, 0.1) is 16.1 Å². The van der Waals surface area contributed by atoms with Crippen LogP contribution < -0.4 is 9.64 Å². The summed E-state index contributed by atoms with van der Waals surface area (Å²) < 4.78 is 7.30. The fourth-order valence-corrected chi connectivity index (χ4v) is 5.94. The van der Waals surface area contributed by atoms with Crippen molar-refractivity contribution in [1.29, 1.82) is 0 Å². The van der Waals surface area contributed by atoms with E-state index < -0.39 is 5.92 Å². The summed E-state index contributed by atoms with van der Waals surface area (Å²) in [6.45, 7) is 11.8. The third-order valence-corrected chi connectivity index (χ3v) is 8.00. The van der Waals surface area contributed by atoms with Crippen LogP contribution in [0.3, 0.4) is 0 Å². The van der Waals surface area contributed by atoms with Gasteiger partial charge in [0.1, 0.15) is 11.5 Å². The fraction of sp³-hybridized carbons (Fsp3) is 0.310. The quantitative estimate of drug-likeness (QED) is 0.299. The average Bonchev–Trinajstić information content (AvgIpc) is 3.29. The van der Waals surface area contributed by atoms with E-state index in [0.29, 0.717) is 6.54 Å². The number of likely N-dealkylation sites (N-methyl/N-ethyl adjacent to an activating group) is 1. The van der Waals surface area contributed by atoms with Crippen molar-refractivity contribution >= 4 is 32.6 Å². The van der Waals surface area contributed by atoms with E-state index >= 15 is 0 Å². The minimum atomic E-state index is -0.442. The molecule has 0 saturated carbocycles. The van der Waals surface area contributed by atoms with E-state index in [1.54, 1.807) is 11.3 Å². The summed E-state index contributed by atoms with van der Waals surface area (Å²) in [6.07, 6.45) is 0. The minimum absolute atomic E-state index is 0.0359. The van der Waals surface area contributed by atoms with Gasteiger partial charge in [0, 0.05) is 24.2 Å². The first-order valence-corrected chi connectivity index (χ1v) is 13.1. The second kappa shape index (κ2) is 9.80. The first-order valence-electron chi connectivity index (χ1n) is 12.3. The molecule has 6 heteroatoms. The van der Waals surface area contributed by atoms with E-state index in [2.05, 4.69) is 44.7 Å². The number of para-hydroxylation sites is 2. The molecule has 0 radical (unpaired) electrons. The molecular weight excluding hydrogens is 454 g/mol. The number of rotatable bonds is 7. The molecule has 0 saturated heterocycles. The highest BCUT2D eigenvalue weighted by Crippen LogP contribution is 2.45. The average molecular weight is 486 g/mol. The van der Waals surface area contributed by atoms with Gasteiger partial charge >= 0.3 is 0 Å². The summed E-state index contributed by atoms with van der Waals surface area (Å²) in [7, 11) is 0. The van der Waals surface area contributed by atoms with Crippen molar-refractivity contribution < 1.29 is 9.53 Å². The van der Waals surface area contributed by atoms with Gasteiger partial charge in [-0.15, -0.1) is 0 Å². The van der Waals surface area contributed by atoms with Crippen LogP contribution in [0.1, 0.15) is 42.0 Å². The summed E-state index contributed by atoms with van der Waals surface area (Å²) in [5.74, 6) is 1.07. The largest absolute Gasteiger partial charge is 0.457 e. The van der Waals surface area contributed by atoms with Crippen LogP contribution in [0.15, 0.2) is 60.7 Å². The Balaban J connectivity index is 1.61. The number of carbonyl (C=O) groups is 1. The topological polar surface area (TPSA) is 45.7 Å². The van der Waals surface area contributed by atoms with E-state index in [1.807, 2.05) is 53.4 Å². The van der Waals surface area contributed by atoms with Crippen LogP contribution in [-0.2, 0) is 4.79 Å². The van der Waals surface area contributed by atoms with Crippen molar-refractivity contribution in [2.75, 3.05) is 31.1 Å². The van der Waals surface area contributed by atoms with Crippen LogP contribution in [-0.4, -0.2) is 42.0 Å². The van der Waals surface area contributed by atoms with Gasteiger partial charge in [-0.05, 0) is 56.3 Å². The number of carbonyl (C=O) groups excluding carboxylic acids is 1. The lowest BCUT2D eigenvalue weighted by molar-refractivity contribution is -0.119. The summed E-state index contributed by atoms with van der Waals surface area (Å²) in [4.78, 5) is 23.7.